The van der Waals surface area contributed by atoms with Crippen molar-refractivity contribution < 1.29 is 17.6 Å². The quantitative estimate of drug-likeness (QED) is 0.598. The zero-order chi connectivity index (χ0) is 22.7. The number of hydrogen-bond acceptors (Lipinski definition) is 3. The van der Waals surface area contributed by atoms with E-state index < -0.39 is 28.3 Å². The van der Waals surface area contributed by atoms with Gasteiger partial charge in [0.2, 0.25) is 5.91 Å². The summed E-state index contributed by atoms with van der Waals surface area (Å²) in [6, 6.07) is 19.6. The summed E-state index contributed by atoms with van der Waals surface area (Å²) in [6.45, 7) is 1.33. The molecule has 0 saturated carbocycles. The molecule has 166 valence electrons. The van der Waals surface area contributed by atoms with Gasteiger partial charge < -0.3 is 5.32 Å². The van der Waals surface area contributed by atoms with Gasteiger partial charge in [0.25, 0.3) is 10.0 Å². The first-order chi connectivity index (χ1) is 15.4. The summed E-state index contributed by atoms with van der Waals surface area (Å²) in [5.41, 5.74) is 2.97. The third-order valence-electron chi connectivity index (χ3n) is 5.72. The van der Waals surface area contributed by atoms with Gasteiger partial charge in [0.1, 0.15) is 12.4 Å². The number of anilines is 1. The molecule has 7 heteroatoms. The average Bonchev–Trinajstić information content (AvgIpc) is 2.78. The molecule has 32 heavy (non-hydrogen) atoms. The van der Waals surface area contributed by atoms with Gasteiger partial charge in [0, 0.05) is 0 Å². The number of halogens is 1. The molecule has 0 heterocycles. The summed E-state index contributed by atoms with van der Waals surface area (Å²) in [5.74, 6) is -1.19. The Hall–Kier alpha value is -3.19. The number of fused-ring (bicyclic) bond motifs is 1. The number of nitrogens with one attached hydrogen (secondary N) is 1. The summed E-state index contributed by atoms with van der Waals surface area (Å²) >= 11 is 0. The van der Waals surface area contributed by atoms with Crippen LogP contribution in [0.4, 0.5) is 10.1 Å². The highest BCUT2D eigenvalue weighted by Gasteiger charge is 2.30. The van der Waals surface area contributed by atoms with Gasteiger partial charge in [0.15, 0.2) is 0 Å². The summed E-state index contributed by atoms with van der Waals surface area (Å²) in [5, 5.41) is 2.96. The Morgan fingerprint density at radius 3 is 2.47 bits per heavy atom. The van der Waals surface area contributed by atoms with E-state index in [1.54, 1.807) is 18.2 Å². The molecule has 0 spiro atoms. The number of para-hydroxylation sites is 1. The molecule has 0 unspecified atom stereocenters. The molecule has 1 aliphatic rings. The largest absolute Gasteiger partial charge is 0.348 e. The van der Waals surface area contributed by atoms with Gasteiger partial charge in [-0.15, -0.1) is 0 Å². The Morgan fingerprint density at radius 2 is 1.72 bits per heavy atom. The van der Waals surface area contributed by atoms with Crippen molar-refractivity contribution in [2.75, 3.05) is 10.8 Å². The second-order valence-corrected chi connectivity index (χ2v) is 9.85. The maximum absolute atomic E-state index is 14.6. The third-order valence-corrected chi connectivity index (χ3v) is 7.50. The molecule has 1 aliphatic carbocycles. The van der Waals surface area contributed by atoms with Gasteiger partial charge in [0.05, 0.1) is 16.6 Å². The van der Waals surface area contributed by atoms with E-state index in [2.05, 4.69) is 5.32 Å². The molecular formula is C25H25FN2O3S. The lowest BCUT2D eigenvalue weighted by Crippen LogP contribution is -2.42. The van der Waals surface area contributed by atoms with Gasteiger partial charge in [-0.2, -0.15) is 0 Å². The molecule has 0 aromatic heterocycles. The van der Waals surface area contributed by atoms with E-state index in [1.165, 1.54) is 35.9 Å². The fraction of sp³-hybridized carbons (Fsp3) is 0.240. The molecule has 1 atom stereocenters. The Balaban J connectivity index is 1.64. The van der Waals surface area contributed by atoms with Crippen LogP contribution in [0.1, 0.15) is 35.6 Å². The molecule has 0 saturated heterocycles. The van der Waals surface area contributed by atoms with Gasteiger partial charge >= 0.3 is 0 Å². The first-order valence-corrected chi connectivity index (χ1v) is 12.0. The number of benzene rings is 3. The molecule has 0 radical (unpaired) electrons. The Morgan fingerprint density at radius 1 is 1.03 bits per heavy atom. The number of rotatable bonds is 6. The van der Waals surface area contributed by atoms with Crippen LogP contribution in [0.2, 0.25) is 0 Å². The molecule has 0 aliphatic heterocycles. The van der Waals surface area contributed by atoms with Crippen LogP contribution in [0.25, 0.3) is 0 Å². The molecule has 4 rings (SSSR count). The van der Waals surface area contributed by atoms with Crippen LogP contribution >= 0.6 is 0 Å². The highest BCUT2D eigenvalue weighted by molar-refractivity contribution is 7.92. The highest BCUT2D eigenvalue weighted by atomic mass is 32.2. The van der Waals surface area contributed by atoms with Crippen molar-refractivity contribution in [3.05, 3.63) is 95.3 Å². The molecule has 1 amide bonds. The van der Waals surface area contributed by atoms with E-state index in [0.29, 0.717) is 0 Å². The highest BCUT2D eigenvalue weighted by Crippen LogP contribution is 2.30. The van der Waals surface area contributed by atoms with Crippen LogP contribution < -0.4 is 9.62 Å². The number of hydrogen-bond donors (Lipinski definition) is 1. The fourth-order valence-electron chi connectivity index (χ4n) is 4.07. The van der Waals surface area contributed by atoms with Crippen molar-refractivity contribution in [3.63, 3.8) is 0 Å². The minimum atomic E-state index is -4.16. The predicted molar refractivity (Wildman–Crippen MR) is 122 cm³/mol. The maximum Gasteiger partial charge on any atom is 0.264 e. The predicted octanol–water partition coefficient (Wildman–Crippen LogP) is 4.52. The second-order valence-electron chi connectivity index (χ2n) is 7.99. The zero-order valence-corrected chi connectivity index (χ0v) is 18.6. The normalized spacial score (nSPS) is 15.6. The van der Waals surface area contributed by atoms with Crippen molar-refractivity contribution in [2.45, 2.75) is 37.1 Å². The lowest BCUT2D eigenvalue weighted by molar-refractivity contribution is -0.120. The van der Waals surface area contributed by atoms with E-state index >= 15 is 0 Å². The van der Waals surface area contributed by atoms with Crippen molar-refractivity contribution in [2.24, 2.45) is 0 Å². The fourth-order valence-corrected chi connectivity index (χ4v) is 5.49. The van der Waals surface area contributed by atoms with E-state index in [1.807, 2.05) is 31.2 Å². The Bertz CT molecular complexity index is 1230. The van der Waals surface area contributed by atoms with Crippen LogP contribution in [0.15, 0.2) is 77.7 Å². The van der Waals surface area contributed by atoms with Crippen LogP contribution in [-0.4, -0.2) is 20.9 Å². The van der Waals surface area contributed by atoms with Crippen molar-refractivity contribution in [1.82, 2.24) is 5.32 Å². The molecule has 0 bridgehead atoms. The first-order valence-electron chi connectivity index (χ1n) is 10.6. The number of carbonyl (C=O) groups excluding carboxylic acids is 1. The van der Waals surface area contributed by atoms with Crippen molar-refractivity contribution >= 4 is 21.6 Å². The molecule has 0 fully saturated rings. The van der Waals surface area contributed by atoms with E-state index in [4.69, 9.17) is 0 Å². The Labute approximate surface area is 187 Å². The van der Waals surface area contributed by atoms with Gasteiger partial charge in [-0.1, -0.05) is 54.1 Å². The van der Waals surface area contributed by atoms with E-state index in [-0.39, 0.29) is 16.6 Å². The molecule has 5 nitrogen and oxygen atoms in total. The molecule has 3 aromatic rings. The summed E-state index contributed by atoms with van der Waals surface area (Å²) in [7, 11) is -4.16. The lowest BCUT2D eigenvalue weighted by Gasteiger charge is -2.29. The monoisotopic (exact) mass is 452 g/mol. The van der Waals surface area contributed by atoms with Gasteiger partial charge in [-0.3, -0.25) is 9.10 Å². The summed E-state index contributed by atoms with van der Waals surface area (Å²) < 4.78 is 42.3. The number of nitrogens with zero attached hydrogens (tertiary/aromatic N) is 1. The summed E-state index contributed by atoms with van der Waals surface area (Å²) in [6.07, 6.45) is 2.65. The second kappa shape index (κ2) is 9.12. The van der Waals surface area contributed by atoms with Gasteiger partial charge in [-0.25, -0.2) is 12.8 Å². The average molecular weight is 453 g/mol. The summed E-state index contributed by atoms with van der Waals surface area (Å²) in [4.78, 5) is 13.0. The topological polar surface area (TPSA) is 66.5 Å². The van der Waals surface area contributed by atoms with Crippen molar-refractivity contribution in [1.29, 1.82) is 0 Å². The number of amides is 1. The first kappa shape index (κ1) is 22.0. The van der Waals surface area contributed by atoms with E-state index in [0.717, 1.165) is 34.7 Å². The lowest BCUT2D eigenvalue weighted by atomic mass is 9.88. The molecule has 1 N–H and O–H groups in total. The zero-order valence-electron chi connectivity index (χ0n) is 17.8. The third kappa shape index (κ3) is 4.53. The SMILES string of the molecule is Cc1ccc(S(=O)(=O)N(CC(=O)N[C@@H]2CCCc3ccccc32)c2ccccc2F)cc1. The number of carbonyl (C=O) groups is 1. The molecular weight excluding hydrogens is 427 g/mol. The van der Waals surface area contributed by atoms with Crippen molar-refractivity contribution in [3.8, 4) is 0 Å². The van der Waals surface area contributed by atoms with Crippen LogP contribution in [-0.2, 0) is 21.2 Å². The molecule has 3 aromatic carbocycles. The van der Waals surface area contributed by atoms with E-state index in [9.17, 15) is 17.6 Å². The van der Waals surface area contributed by atoms with Gasteiger partial charge in [-0.05, 0) is 61.6 Å². The maximum atomic E-state index is 14.6. The Kier molecular flexibility index (Phi) is 6.28. The standard InChI is InChI=1S/C25H25FN2O3S/c1-18-13-15-20(16-14-18)32(30,31)28(24-12-5-4-10-22(24)26)17-25(29)27-23-11-6-8-19-7-2-3-9-21(19)23/h2-5,7,9-10,12-16,23H,6,8,11,17H2,1H3,(H,27,29)/t23-/m1/s1. The minimum absolute atomic E-state index is 0.00200. The minimum Gasteiger partial charge on any atom is -0.348 e. The number of aryl methyl sites for hydroxylation is 2. The van der Waals surface area contributed by atoms with Crippen LogP contribution in [0.5, 0.6) is 0 Å². The smallest absolute Gasteiger partial charge is 0.264 e. The number of sulfonamides is 1. The van der Waals surface area contributed by atoms with Crippen LogP contribution in [0, 0.1) is 12.7 Å². The van der Waals surface area contributed by atoms with Crippen LogP contribution in [0.3, 0.4) is 0 Å².